The first-order valence-corrected chi connectivity index (χ1v) is 13.6. The van der Waals surface area contributed by atoms with Crippen LogP contribution in [0.15, 0.2) is 0 Å². The fourth-order valence-electron chi connectivity index (χ4n) is 9.42. The second-order valence-corrected chi connectivity index (χ2v) is 13.0. The summed E-state index contributed by atoms with van der Waals surface area (Å²) in [6.07, 6.45) is 14.0. The summed E-state index contributed by atoms with van der Waals surface area (Å²) in [5.41, 5.74) is 0.731. The highest BCUT2D eigenvalue weighted by Gasteiger charge is 2.60. The first-order valence-electron chi connectivity index (χ1n) is 13.6. The van der Waals surface area contributed by atoms with E-state index in [1.807, 2.05) is 0 Å². The van der Waals surface area contributed by atoms with Crippen LogP contribution in [0, 0.1) is 52.3 Å². The molecule has 3 saturated carbocycles. The first-order chi connectivity index (χ1) is 14.7. The molecule has 0 bridgehead atoms. The summed E-state index contributed by atoms with van der Waals surface area (Å²) in [7, 11) is 0. The number of aliphatic hydroxyl groups is 1. The minimum absolute atomic E-state index is 0.0492. The molecule has 9 atom stereocenters. The molecule has 1 amide bonds. The maximum atomic E-state index is 12.5. The third-order valence-corrected chi connectivity index (χ3v) is 11.0. The minimum atomic E-state index is -0.0492. The molecule has 3 nitrogen and oxygen atoms in total. The molecule has 1 saturated heterocycles. The Morgan fingerprint density at radius 3 is 2.45 bits per heavy atom. The summed E-state index contributed by atoms with van der Waals surface area (Å²) >= 11 is 0. The van der Waals surface area contributed by atoms with Gasteiger partial charge in [-0.3, -0.25) is 4.79 Å². The van der Waals surface area contributed by atoms with E-state index >= 15 is 0 Å². The van der Waals surface area contributed by atoms with Crippen LogP contribution in [0.25, 0.3) is 0 Å². The van der Waals surface area contributed by atoms with Crippen LogP contribution in [0.2, 0.25) is 0 Å². The van der Waals surface area contributed by atoms with Crippen molar-refractivity contribution in [2.45, 2.75) is 111 Å². The van der Waals surface area contributed by atoms with E-state index in [1.165, 1.54) is 57.8 Å². The zero-order valence-electron chi connectivity index (χ0n) is 21.0. The highest BCUT2D eigenvalue weighted by atomic mass is 16.3. The average Bonchev–Trinajstić information content (AvgIpc) is 2.99. The van der Waals surface area contributed by atoms with Gasteiger partial charge in [0.1, 0.15) is 0 Å². The summed E-state index contributed by atoms with van der Waals surface area (Å²) in [4.78, 5) is 12.5. The van der Waals surface area contributed by atoms with Crippen LogP contribution in [0.4, 0.5) is 0 Å². The van der Waals surface area contributed by atoms with Gasteiger partial charge in [0.25, 0.3) is 0 Å². The summed E-state index contributed by atoms with van der Waals surface area (Å²) in [6, 6.07) is -0.0492. The lowest BCUT2D eigenvalue weighted by Crippen LogP contribution is -2.53. The number of nitrogens with one attached hydrogen (secondary N) is 1. The molecule has 1 heterocycles. The Labute approximate surface area is 191 Å². The number of hydrogen-bond acceptors (Lipinski definition) is 2. The predicted octanol–water partition coefficient (Wildman–Crippen LogP) is 6.19. The Morgan fingerprint density at radius 1 is 1.00 bits per heavy atom. The molecule has 3 aliphatic carbocycles. The van der Waals surface area contributed by atoms with Gasteiger partial charge in [-0.2, -0.15) is 0 Å². The Kier molecular flexibility index (Phi) is 6.84. The van der Waals surface area contributed by atoms with Gasteiger partial charge in [0.15, 0.2) is 0 Å². The van der Waals surface area contributed by atoms with Gasteiger partial charge in [-0.05, 0) is 97.2 Å². The van der Waals surface area contributed by atoms with E-state index in [1.54, 1.807) is 0 Å². The fraction of sp³-hybridized carbons (Fsp3) is 0.964. The first kappa shape index (κ1) is 23.6. The molecule has 31 heavy (non-hydrogen) atoms. The lowest BCUT2D eigenvalue weighted by molar-refractivity contribution is -0.126. The quantitative estimate of drug-likeness (QED) is 0.526. The normalized spacial score (nSPS) is 46.0. The minimum Gasteiger partial charge on any atom is -0.394 e. The molecule has 0 aromatic heterocycles. The van der Waals surface area contributed by atoms with Gasteiger partial charge >= 0.3 is 0 Å². The summed E-state index contributed by atoms with van der Waals surface area (Å²) < 4.78 is 0. The molecule has 4 aliphatic rings. The SMILES string of the molecule is CC(C)CCC[C@@H](C)[C@H]1CC[C@H]2[C@@H]3CC[C@H]4CC(=O)N[C@H](CO)C[C@]4(C)[C@H]3CC[C@]12C. The van der Waals surface area contributed by atoms with Crippen molar-refractivity contribution >= 4 is 5.91 Å². The van der Waals surface area contributed by atoms with Crippen LogP contribution in [0.3, 0.4) is 0 Å². The highest BCUT2D eigenvalue weighted by Crippen LogP contribution is 2.67. The van der Waals surface area contributed by atoms with Gasteiger partial charge in [-0.15, -0.1) is 0 Å². The largest absolute Gasteiger partial charge is 0.394 e. The number of fused-ring (bicyclic) bond motifs is 5. The lowest BCUT2D eigenvalue weighted by atomic mass is 9.45. The number of carbonyl (C=O) groups excluding carboxylic acids is 1. The molecule has 0 aromatic rings. The van der Waals surface area contributed by atoms with Crippen molar-refractivity contribution in [1.29, 1.82) is 0 Å². The van der Waals surface area contributed by atoms with Crippen LogP contribution in [-0.4, -0.2) is 23.7 Å². The monoisotopic (exact) mass is 431 g/mol. The second-order valence-electron chi connectivity index (χ2n) is 13.0. The van der Waals surface area contributed by atoms with E-state index in [2.05, 4.69) is 39.9 Å². The Bertz CT molecular complexity index is 647. The molecule has 0 aromatic carbocycles. The molecule has 4 fully saturated rings. The Balaban J connectivity index is 1.50. The van der Waals surface area contributed by atoms with Gasteiger partial charge in [0.2, 0.25) is 5.91 Å². The molecular formula is C28H49NO2. The van der Waals surface area contributed by atoms with Gasteiger partial charge in [0, 0.05) is 6.42 Å². The van der Waals surface area contributed by atoms with Crippen LogP contribution < -0.4 is 5.32 Å². The van der Waals surface area contributed by atoms with Crippen LogP contribution in [0.1, 0.15) is 105 Å². The van der Waals surface area contributed by atoms with Crippen LogP contribution in [0.5, 0.6) is 0 Å². The van der Waals surface area contributed by atoms with Gasteiger partial charge < -0.3 is 10.4 Å². The van der Waals surface area contributed by atoms with Crippen molar-refractivity contribution in [3.05, 3.63) is 0 Å². The Hall–Kier alpha value is -0.570. The maximum Gasteiger partial charge on any atom is 0.220 e. The fourth-order valence-corrected chi connectivity index (χ4v) is 9.42. The van der Waals surface area contributed by atoms with Crippen molar-refractivity contribution in [3.63, 3.8) is 0 Å². The zero-order chi connectivity index (χ0) is 22.4. The van der Waals surface area contributed by atoms with Crippen molar-refractivity contribution < 1.29 is 9.90 Å². The second kappa shape index (κ2) is 8.99. The van der Waals surface area contributed by atoms with Gasteiger partial charge in [-0.25, -0.2) is 0 Å². The highest BCUT2D eigenvalue weighted by molar-refractivity contribution is 5.77. The van der Waals surface area contributed by atoms with Crippen molar-refractivity contribution in [2.75, 3.05) is 6.61 Å². The summed E-state index contributed by atoms with van der Waals surface area (Å²) in [5.74, 6) is 5.70. The van der Waals surface area contributed by atoms with E-state index in [9.17, 15) is 9.90 Å². The number of hydrogen-bond donors (Lipinski definition) is 2. The zero-order valence-corrected chi connectivity index (χ0v) is 21.0. The van der Waals surface area contributed by atoms with Crippen molar-refractivity contribution in [3.8, 4) is 0 Å². The summed E-state index contributed by atoms with van der Waals surface area (Å²) in [6.45, 7) is 12.5. The van der Waals surface area contributed by atoms with Crippen LogP contribution in [-0.2, 0) is 4.79 Å². The van der Waals surface area contributed by atoms with Crippen molar-refractivity contribution in [2.24, 2.45) is 52.3 Å². The summed E-state index contributed by atoms with van der Waals surface area (Å²) in [5, 5.41) is 13.0. The number of aliphatic hydroxyl groups excluding tert-OH is 1. The average molecular weight is 432 g/mol. The van der Waals surface area contributed by atoms with E-state index in [0.29, 0.717) is 17.8 Å². The molecule has 2 N–H and O–H groups in total. The van der Waals surface area contributed by atoms with E-state index in [-0.39, 0.29) is 24.0 Å². The molecule has 0 unspecified atom stereocenters. The lowest BCUT2D eigenvalue weighted by Gasteiger charge is -2.59. The van der Waals surface area contributed by atoms with Gasteiger partial charge in [-0.1, -0.05) is 53.9 Å². The number of amides is 1. The Morgan fingerprint density at radius 2 is 1.74 bits per heavy atom. The number of carbonyl (C=O) groups is 1. The standard InChI is InChI=1S/C28H49NO2/c1-18(2)7-6-8-19(3)23-11-12-24-22-10-9-20-15-26(31)29-21(17-30)16-28(20,5)25(22)13-14-27(23,24)4/h18-25,30H,6-17H2,1-5H3,(H,29,31)/t19-,20+,21+,22+,23-,24+,25+,27-,28+/m1/s1. The predicted molar refractivity (Wildman–Crippen MR) is 127 cm³/mol. The van der Waals surface area contributed by atoms with E-state index < -0.39 is 0 Å². The molecule has 4 rings (SSSR count). The van der Waals surface area contributed by atoms with Gasteiger partial charge in [0.05, 0.1) is 12.6 Å². The van der Waals surface area contributed by atoms with E-state index in [0.717, 1.165) is 41.9 Å². The van der Waals surface area contributed by atoms with E-state index in [4.69, 9.17) is 0 Å². The molecule has 1 aliphatic heterocycles. The smallest absolute Gasteiger partial charge is 0.220 e. The molecular weight excluding hydrogens is 382 g/mol. The van der Waals surface area contributed by atoms with Crippen LogP contribution >= 0.6 is 0 Å². The molecule has 178 valence electrons. The molecule has 3 heteroatoms. The third-order valence-electron chi connectivity index (χ3n) is 11.0. The maximum absolute atomic E-state index is 12.5. The molecule has 0 spiro atoms. The third kappa shape index (κ3) is 4.22. The molecule has 0 radical (unpaired) electrons. The van der Waals surface area contributed by atoms with Crippen molar-refractivity contribution in [1.82, 2.24) is 5.32 Å². The topological polar surface area (TPSA) is 49.3 Å². The number of rotatable bonds is 6.